The van der Waals surface area contributed by atoms with Gasteiger partial charge < -0.3 is 5.32 Å². The van der Waals surface area contributed by atoms with Crippen molar-refractivity contribution in [3.05, 3.63) is 12.7 Å². The van der Waals surface area contributed by atoms with Gasteiger partial charge >= 0.3 is 29.6 Å². The third-order valence-corrected chi connectivity index (χ3v) is 2.39. The van der Waals surface area contributed by atoms with Crippen molar-refractivity contribution in [2.45, 2.75) is 18.7 Å². The molecule has 1 unspecified atom stereocenters. The van der Waals surface area contributed by atoms with Gasteiger partial charge in [0.05, 0.1) is 0 Å². The summed E-state index contributed by atoms with van der Waals surface area (Å²) < 4.78 is 29.6. The summed E-state index contributed by atoms with van der Waals surface area (Å²) >= 11 is 0. The molecule has 70 valence electrons. The second kappa shape index (κ2) is 6.56. The van der Waals surface area contributed by atoms with Crippen molar-refractivity contribution in [2.75, 3.05) is 0 Å². The van der Waals surface area contributed by atoms with Crippen LogP contribution in [0.4, 0.5) is 0 Å². The first-order valence-corrected chi connectivity index (χ1v) is 4.81. The topological polar surface area (TPSA) is 83.5 Å². The predicted molar refractivity (Wildman–Crippen MR) is 44.0 cm³/mol. The second-order valence-electron chi connectivity index (χ2n) is 2.12. The zero-order valence-corrected chi connectivity index (χ0v) is 10.5. The van der Waals surface area contributed by atoms with Crippen molar-refractivity contribution in [3.63, 3.8) is 0 Å². The first kappa shape index (κ1) is 15.6. The van der Waals surface area contributed by atoms with E-state index >= 15 is 0 Å². The monoisotopic (exact) mass is 216 g/mol. The molecule has 5 nitrogen and oxygen atoms in total. The fourth-order valence-corrected chi connectivity index (χ4v) is 1.29. The molecule has 0 saturated carbocycles. The van der Waals surface area contributed by atoms with Crippen LogP contribution in [0.3, 0.4) is 0 Å². The predicted octanol–water partition coefficient (Wildman–Crippen LogP) is -3.08. The van der Waals surface area contributed by atoms with Gasteiger partial charge in [0, 0.05) is 0 Å². The molecule has 0 fully saturated rings. The Bertz CT molecular complexity index is 274. The fraction of sp³-hybridized carbons (Fsp3) is 0.500. The maximum atomic E-state index is 10.6. The zero-order chi connectivity index (χ0) is 9.78. The molecular weight excluding hydrogens is 205 g/mol. The van der Waals surface area contributed by atoms with Gasteiger partial charge in [-0.05, 0) is 12.5 Å². The molecule has 2 N–H and O–H groups in total. The van der Waals surface area contributed by atoms with Crippen LogP contribution in [-0.4, -0.2) is 24.3 Å². The molecule has 0 spiro atoms. The summed E-state index contributed by atoms with van der Waals surface area (Å²) in [7, 11) is -4.20. The maximum Gasteiger partial charge on any atom is 1.00 e. The van der Waals surface area contributed by atoms with Crippen molar-refractivity contribution < 1.29 is 47.3 Å². The van der Waals surface area contributed by atoms with Crippen LogP contribution in [0.5, 0.6) is 0 Å². The van der Waals surface area contributed by atoms with Crippen LogP contribution < -0.4 is 34.9 Å². The third kappa shape index (κ3) is 6.23. The molecule has 0 heterocycles. The van der Waals surface area contributed by atoms with Gasteiger partial charge in [-0.15, -0.1) is 0 Å². The SMILES string of the molecule is C=CC(=O)NC(CC)S(=O)(=O)O.[Na+]. The van der Waals surface area contributed by atoms with Gasteiger partial charge in [-0.25, -0.2) is 0 Å². The number of rotatable bonds is 4. The van der Waals surface area contributed by atoms with E-state index in [1.165, 1.54) is 6.92 Å². The quantitative estimate of drug-likeness (QED) is 0.296. The van der Waals surface area contributed by atoms with Crippen molar-refractivity contribution >= 4 is 16.0 Å². The minimum absolute atomic E-state index is 0. The first-order valence-electron chi connectivity index (χ1n) is 3.31. The largest absolute Gasteiger partial charge is 1.00 e. The van der Waals surface area contributed by atoms with Gasteiger partial charge in [-0.3, -0.25) is 9.35 Å². The van der Waals surface area contributed by atoms with Gasteiger partial charge in [0.2, 0.25) is 5.91 Å². The number of carbonyl (C=O) groups excluding carboxylic acids is 1. The van der Waals surface area contributed by atoms with E-state index in [9.17, 15) is 13.2 Å². The Morgan fingerprint density at radius 1 is 1.69 bits per heavy atom. The minimum atomic E-state index is -4.20. The van der Waals surface area contributed by atoms with Crippen LogP contribution in [0.1, 0.15) is 13.3 Å². The molecule has 1 atom stereocenters. The van der Waals surface area contributed by atoms with E-state index in [0.29, 0.717) is 0 Å². The van der Waals surface area contributed by atoms with E-state index in [-0.39, 0.29) is 36.0 Å². The maximum absolute atomic E-state index is 10.6. The Morgan fingerprint density at radius 2 is 2.15 bits per heavy atom. The molecule has 0 aliphatic carbocycles. The molecule has 0 aliphatic heterocycles. The standard InChI is InChI=1S/C6H11NO4S.Na/c1-3-5(8)7-6(4-2)12(9,10)11;/h3,6H,1,4H2,2H3,(H,7,8)(H,9,10,11);/q;+1. The van der Waals surface area contributed by atoms with Crippen molar-refractivity contribution in [1.29, 1.82) is 0 Å². The van der Waals surface area contributed by atoms with Crippen LogP contribution in [0.15, 0.2) is 12.7 Å². The molecule has 0 radical (unpaired) electrons. The van der Waals surface area contributed by atoms with E-state index in [4.69, 9.17) is 4.55 Å². The number of hydrogen-bond acceptors (Lipinski definition) is 3. The molecule has 0 aromatic rings. The van der Waals surface area contributed by atoms with E-state index in [1.54, 1.807) is 0 Å². The average Bonchev–Trinajstić information content (AvgIpc) is 1.97. The van der Waals surface area contributed by atoms with Crippen molar-refractivity contribution in [2.24, 2.45) is 0 Å². The number of hydrogen-bond donors (Lipinski definition) is 2. The molecule has 0 saturated heterocycles. The Morgan fingerprint density at radius 3 is 2.38 bits per heavy atom. The zero-order valence-electron chi connectivity index (χ0n) is 7.65. The smallest absolute Gasteiger partial charge is 0.334 e. The third-order valence-electron chi connectivity index (χ3n) is 1.22. The summed E-state index contributed by atoms with van der Waals surface area (Å²) in [6, 6.07) is 0. The van der Waals surface area contributed by atoms with Crippen LogP contribution in [-0.2, 0) is 14.9 Å². The van der Waals surface area contributed by atoms with E-state index in [2.05, 4.69) is 11.9 Å². The summed E-state index contributed by atoms with van der Waals surface area (Å²) in [5.41, 5.74) is 0. The Kier molecular flexibility index (Phi) is 7.86. The van der Waals surface area contributed by atoms with Gasteiger partial charge in [0.1, 0.15) is 0 Å². The van der Waals surface area contributed by atoms with Crippen LogP contribution in [0.25, 0.3) is 0 Å². The molecule has 0 aromatic heterocycles. The minimum Gasteiger partial charge on any atom is -0.334 e. The molecule has 0 bridgehead atoms. The Hall–Kier alpha value is 0.120. The van der Waals surface area contributed by atoms with Crippen molar-refractivity contribution in [3.8, 4) is 0 Å². The number of carbonyl (C=O) groups is 1. The number of amides is 1. The van der Waals surface area contributed by atoms with Crippen LogP contribution >= 0.6 is 0 Å². The summed E-state index contributed by atoms with van der Waals surface area (Å²) in [6.45, 7) is 4.67. The second-order valence-corrected chi connectivity index (χ2v) is 3.72. The molecular formula is C6H11NNaO4S+. The van der Waals surface area contributed by atoms with Gasteiger partial charge in [0.25, 0.3) is 10.1 Å². The molecule has 0 aromatic carbocycles. The van der Waals surface area contributed by atoms with Gasteiger partial charge in [-0.2, -0.15) is 8.42 Å². The molecule has 7 heteroatoms. The summed E-state index contributed by atoms with van der Waals surface area (Å²) in [4.78, 5) is 10.6. The Balaban J connectivity index is 0. The number of nitrogens with one attached hydrogen (secondary N) is 1. The summed E-state index contributed by atoms with van der Waals surface area (Å²) in [5.74, 6) is -0.625. The van der Waals surface area contributed by atoms with Gasteiger partial charge in [-0.1, -0.05) is 13.5 Å². The van der Waals surface area contributed by atoms with Crippen molar-refractivity contribution in [1.82, 2.24) is 5.32 Å². The Labute approximate surface area is 99.6 Å². The average molecular weight is 216 g/mol. The van der Waals surface area contributed by atoms with E-state index < -0.39 is 21.4 Å². The molecule has 13 heavy (non-hydrogen) atoms. The summed E-state index contributed by atoms with van der Waals surface area (Å²) in [5, 5.41) is 0.814. The molecule has 1 amide bonds. The summed E-state index contributed by atoms with van der Waals surface area (Å²) in [6.07, 6.45) is 1.05. The molecule has 0 rings (SSSR count). The normalized spacial score (nSPS) is 12.5. The van der Waals surface area contributed by atoms with Gasteiger partial charge in [0.15, 0.2) is 5.37 Å². The van der Waals surface area contributed by atoms with E-state index in [0.717, 1.165) is 6.08 Å². The van der Waals surface area contributed by atoms with Crippen LogP contribution in [0, 0.1) is 0 Å². The first-order chi connectivity index (χ1) is 5.41. The fourth-order valence-electron chi connectivity index (χ4n) is 0.605. The molecule has 0 aliphatic rings. The van der Waals surface area contributed by atoms with E-state index in [1.807, 2.05) is 0 Å². The van der Waals surface area contributed by atoms with Crippen LogP contribution in [0.2, 0.25) is 0 Å².